The number of nitrogens with zero attached hydrogens (tertiary/aromatic N) is 1. The topological polar surface area (TPSA) is 97.8 Å². The van der Waals surface area contributed by atoms with Crippen LogP contribution in [0.3, 0.4) is 0 Å². The molecule has 0 saturated heterocycles. The van der Waals surface area contributed by atoms with E-state index in [1.807, 2.05) is 0 Å². The van der Waals surface area contributed by atoms with Crippen molar-refractivity contribution in [1.29, 1.82) is 0 Å². The molecule has 2 aromatic rings. The van der Waals surface area contributed by atoms with Gasteiger partial charge in [0.1, 0.15) is 5.60 Å². The maximum Gasteiger partial charge on any atom is 0.408 e. The van der Waals surface area contributed by atoms with Crippen molar-refractivity contribution in [3.05, 3.63) is 41.0 Å². The Hall–Kier alpha value is -2.45. The molecule has 1 aromatic heterocycles. The number of aliphatic hydroxyl groups excluding tert-OH is 1. The molecule has 8 heteroatoms. The lowest BCUT2D eigenvalue weighted by Gasteiger charge is -2.23. The second-order valence-corrected chi connectivity index (χ2v) is 7.38. The first kappa shape index (κ1) is 19.9. The highest BCUT2D eigenvalue weighted by molar-refractivity contribution is 7.13. The van der Waals surface area contributed by atoms with Crippen LogP contribution in [0.15, 0.2) is 29.8 Å². The quantitative estimate of drug-likeness (QED) is 0.776. The molecule has 140 valence electrons. The zero-order valence-corrected chi connectivity index (χ0v) is 15.9. The van der Waals surface area contributed by atoms with Crippen LogP contribution in [-0.2, 0) is 9.47 Å². The number of ether oxygens (including phenoxy) is 2. The Balaban J connectivity index is 2.16. The fraction of sp³-hybridized carbons (Fsp3) is 0.389. The number of alkyl carbamates (subject to hydrolysis) is 1. The van der Waals surface area contributed by atoms with Gasteiger partial charge in [-0.2, -0.15) is 0 Å². The number of esters is 1. The van der Waals surface area contributed by atoms with Gasteiger partial charge in [-0.3, -0.25) is 0 Å². The van der Waals surface area contributed by atoms with Gasteiger partial charge in [0.05, 0.1) is 30.1 Å². The number of aliphatic hydroxyl groups is 1. The highest BCUT2D eigenvalue weighted by atomic mass is 32.1. The van der Waals surface area contributed by atoms with Gasteiger partial charge < -0.3 is 19.9 Å². The minimum atomic E-state index is -0.621. The van der Waals surface area contributed by atoms with Crippen molar-refractivity contribution in [2.24, 2.45) is 0 Å². The van der Waals surface area contributed by atoms with E-state index in [2.05, 4.69) is 10.3 Å². The maximum absolute atomic E-state index is 11.9. The molecule has 0 saturated carbocycles. The predicted molar refractivity (Wildman–Crippen MR) is 98.1 cm³/mol. The fourth-order valence-corrected chi connectivity index (χ4v) is 3.03. The number of aromatic nitrogens is 1. The van der Waals surface area contributed by atoms with E-state index in [1.54, 1.807) is 50.5 Å². The largest absolute Gasteiger partial charge is 0.464 e. The first-order chi connectivity index (χ1) is 12.2. The molecule has 1 aromatic carbocycles. The number of hydrogen-bond donors (Lipinski definition) is 2. The van der Waals surface area contributed by atoms with Crippen LogP contribution in [-0.4, -0.2) is 41.5 Å². The Labute approximate surface area is 156 Å². The monoisotopic (exact) mass is 378 g/mol. The molecule has 0 unspecified atom stereocenters. The van der Waals surface area contributed by atoms with Gasteiger partial charge in [0, 0.05) is 0 Å². The van der Waals surface area contributed by atoms with Gasteiger partial charge in [-0.1, -0.05) is 24.3 Å². The lowest BCUT2D eigenvalue weighted by molar-refractivity contribution is 0.0481. The maximum atomic E-state index is 11.9. The Bertz CT molecular complexity index is 765. The van der Waals surface area contributed by atoms with E-state index in [-0.39, 0.29) is 12.3 Å². The number of benzene rings is 1. The lowest BCUT2D eigenvalue weighted by Crippen LogP contribution is -2.36. The SMILES string of the molecule is COC(=O)c1ncsc1-c1ccc([C@H](CO)NC(=O)OC(C)(C)C)cc1. The van der Waals surface area contributed by atoms with Crippen molar-refractivity contribution in [3.63, 3.8) is 0 Å². The number of carbonyl (C=O) groups is 2. The van der Waals surface area contributed by atoms with Crippen molar-refractivity contribution in [3.8, 4) is 10.4 Å². The van der Waals surface area contributed by atoms with E-state index >= 15 is 0 Å². The first-order valence-corrected chi connectivity index (χ1v) is 8.85. The van der Waals surface area contributed by atoms with Crippen LogP contribution in [0.2, 0.25) is 0 Å². The molecular weight excluding hydrogens is 356 g/mol. The van der Waals surface area contributed by atoms with Gasteiger partial charge in [-0.15, -0.1) is 11.3 Å². The second kappa shape index (κ2) is 8.29. The third-order valence-electron chi connectivity index (χ3n) is 3.39. The van der Waals surface area contributed by atoms with Gasteiger partial charge >= 0.3 is 12.1 Å². The van der Waals surface area contributed by atoms with E-state index in [0.29, 0.717) is 10.4 Å². The summed E-state index contributed by atoms with van der Waals surface area (Å²) in [5.41, 5.74) is 2.73. The molecule has 26 heavy (non-hydrogen) atoms. The second-order valence-electron chi connectivity index (χ2n) is 6.53. The van der Waals surface area contributed by atoms with Gasteiger partial charge in [0.25, 0.3) is 0 Å². The highest BCUT2D eigenvalue weighted by Crippen LogP contribution is 2.29. The van der Waals surface area contributed by atoms with Crippen molar-refractivity contribution in [1.82, 2.24) is 10.3 Å². The number of methoxy groups -OCH3 is 1. The Morgan fingerprint density at radius 3 is 2.46 bits per heavy atom. The normalized spacial score (nSPS) is 12.3. The minimum absolute atomic E-state index is 0.260. The molecule has 0 spiro atoms. The molecule has 0 aliphatic rings. The number of nitrogens with one attached hydrogen (secondary N) is 1. The summed E-state index contributed by atoms with van der Waals surface area (Å²) in [4.78, 5) is 28.4. The molecule has 7 nitrogen and oxygen atoms in total. The zero-order chi connectivity index (χ0) is 19.3. The number of rotatable bonds is 5. The Morgan fingerprint density at radius 1 is 1.27 bits per heavy atom. The third-order valence-corrected chi connectivity index (χ3v) is 4.27. The number of thiazole rings is 1. The molecule has 2 rings (SSSR count). The van der Waals surface area contributed by atoms with Crippen molar-refractivity contribution in [2.45, 2.75) is 32.4 Å². The molecule has 2 N–H and O–H groups in total. The average Bonchev–Trinajstić information content (AvgIpc) is 3.07. The summed E-state index contributed by atoms with van der Waals surface area (Å²) in [5, 5.41) is 12.2. The summed E-state index contributed by atoms with van der Waals surface area (Å²) in [5.74, 6) is -0.495. The first-order valence-electron chi connectivity index (χ1n) is 7.97. The van der Waals surface area contributed by atoms with Gasteiger partial charge in [-0.25, -0.2) is 14.6 Å². The summed E-state index contributed by atoms with van der Waals surface area (Å²) < 4.78 is 9.94. The summed E-state index contributed by atoms with van der Waals surface area (Å²) in [6.07, 6.45) is -0.601. The van der Waals surface area contributed by atoms with Crippen LogP contribution in [0, 0.1) is 0 Å². The standard InChI is InChI=1S/C18H22N2O5S/c1-18(2,3)25-17(23)20-13(9-21)11-5-7-12(8-6-11)15-14(16(22)24-4)19-10-26-15/h5-8,10,13,21H,9H2,1-4H3,(H,20,23)/t13-/m0/s1. The Kier molecular flexibility index (Phi) is 6.33. The fourth-order valence-electron chi connectivity index (χ4n) is 2.24. The predicted octanol–water partition coefficient (Wildman–Crippen LogP) is 3.15. The van der Waals surface area contributed by atoms with E-state index in [1.165, 1.54) is 18.4 Å². The molecule has 0 aliphatic heterocycles. The van der Waals surface area contributed by atoms with Crippen LogP contribution >= 0.6 is 11.3 Å². The molecule has 1 amide bonds. The van der Waals surface area contributed by atoms with Gasteiger partial charge in [-0.05, 0) is 31.9 Å². The number of hydrogen-bond acceptors (Lipinski definition) is 7. The van der Waals surface area contributed by atoms with Crippen LogP contribution in [0.1, 0.15) is 42.9 Å². The molecule has 0 bridgehead atoms. The molecular formula is C18H22N2O5S. The van der Waals surface area contributed by atoms with E-state index in [9.17, 15) is 14.7 Å². The lowest BCUT2D eigenvalue weighted by atomic mass is 10.0. The van der Waals surface area contributed by atoms with E-state index in [4.69, 9.17) is 9.47 Å². The summed E-state index contributed by atoms with van der Waals surface area (Å²) in [7, 11) is 1.31. The third kappa shape index (κ3) is 5.03. The van der Waals surface area contributed by atoms with Crippen LogP contribution in [0.5, 0.6) is 0 Å². The minimum Gasteiger partial charge on any atom is -0.464 e. The Morgan fingerprint density at radius 2 is 1.92 bits per heavy atom. The van der Waals surface area contributed by atoms with Crippen molar-refractivity contribution in [2.75, 3.05) is 13.7 Å². The van der Waals surface area contributed by atoms with E-state index in [0.717, 1.165) is 5.56 Å². The smallest absolute Gasteiger partial charge is 0.408 e. The van der Waals surface area contributed by atoms with Crippen LogP contribution < -0.4 is 5.32 Å². The summed E-state index contributed by atoms with van der Waals surface area (Å²) in [6.45, 7) is 5.03. The summed E-state index contributed by atoms with van der Waals surface area (Å²) in [6, 6.07) is 6.55. The van der Waals surface area contributed by atoms with Crippen LogP contribution in [0.4, 0.5) is 4.79 Å². The van der Waals surface area contributed by atoms with Crippen molar-refractivity contribution < 1.29 is 24.2 Å². The van der Waals surface area contributed by atoms with Crippen molar-refractivity contribution >= 4 is 23.4 Å². The number of carbonyl (C=O) groups excluding carboxylic acids is 2. The molecule has 1 atom stereocenters. The van der Waals surface area contributed by atoms with Crippen LogP contribution in [0.25, 0.3) is 10.4 Å². The molecule has 0 fully saturated rings. The zero-order valence-electron chi connectivity index (χ0n) is 15.1. The van der Waals surface area contributed by atoms with E-state index < -0.39 is 23.7 Å². The van der Waals surface area contributed by atoms with Gasteiger partial charge in [0.15, 0.2) is 5.69 Å². The van der Waals surface area contributed by atoms with Gasteiger partial charge in [0.2, 0.25) is 0 Å². The number of amides is 1. The summed E-state index contributed by atoms with van der Waals surface area (Å²) >= 11 is 1.33. The molecule has 0 aliphatic carbocycles. The highest BCUT2D eigenvalue weighted by Gasteiger charge is 2.21. The molecule has 1 heterocycles. The molecule has 0 radical (unpaired) electrons. The average molecular weight is 378 g/mol.